The monoisotopic (exact) mass is 475 g/mol. The minimum absolute atomic E-state index is 0.244. The van der Waals surface area contributed by atoms with Gasteiger partial charge in [0.05, 0.1) is 22.4 Å². The van der Waals surface area contributed by atoms with Crippen molar-refractivity contribution in [2.45, 2.75) is 19.3 Å². The van der Waals surface area contributed by atoms with Crippen LogP contribution < -0.4 is 16.0 Å². The number of rotatable bonds is 5. The molecule has 12 heteroatoms. The first-order chi connectivity index (χ1) is 15.2. The standard InChI is InChI=1S/C21H16F7N3O2/c1-3-16(22)11(2)18(32)31-17-8-7-14(10-15(17)21(26,27)28)30-19(33)29-13-6-4-5-12(9-13)20(23,24)25/h3-10H,2H2,1H3,(H,31,32)(H2,29,30,33)/b16-3+. The fraction of sp³-hybridized carbons (Fsp3) is 0.143. The van der Waals surface area contributed by atoms with E-state index in [4.69, 9.17) is 0 Å². The van der Waals surface area contributed by atoms with Crippen LogP contribution in [-0.4, -0.2) is 11.9 Å². The van der Waals surface area contributed by atoms with Gasteiger partial charge in [-0.15, -0.1) is 0 Å². The van der Waals surface area contributed by atoms with Crippen molar-refractivity contribution in [1.82, 2.24) is 0 Å². The molecule has 0 saturated carbocycles. The predicted molar refractivity (Wildman–Crippen MR) is 108 cm³/mol. The van der Waals surface area contributed by atoms with Crippen molar-refractivity contribution in [3.05, 3.63) is 77.6 Å². The van der Waals surface area contributed by atoms with Gasteiger partial charge in [-0.3, -0.25) is 4.79 Å². The van der Waals surface area contributed by atoms with E-state index >= 15 is 0 Å². The SMILES string of the molecule is C=C(C(=O)Nc1ccc(NC(=O)Nc2cccc(C(F)(F)F)c2)cc1C(F)(F)F)/C(F)=C\C. The van der Waals surface area contributed by atoms with E-state index in [1.807, 2.05) is 5.32 Å². The van der Waals surface area contributed by atoms with Crippen molar-refractivity contribution < 1.29 is 40.3 Å². The van der Waals surface area contributed by atoms with E-state index in [1.165, 1.54) is 6.92 Å². The number of hydrogen-bond donors (Lipinski definition) is 3. The van der Waals surface area contributed by atoms with E-state index in [2.05, 4.69) is 17.2 Å². The van der Waals surface area contributed by atoms with E-state index < -0.39 is 52.5 Å². The Kier molecular flexibility index (Phi) is 7.52. The summed E-state index contributed by atoms with van der Waals surface area (Å²) in [4.78, 5) is 24.0. The number of carbonyl (C=O) groups excluding carboxylic acids is 2. The summed E-state index contributed by atoms with van der Waals surface area (Å²) in [6.07, 6.45) is -8.72. The molecule has 0 saturated heterocycles. The average Bonchev–Trinajstić information content (AvgIpc) is 2.72. The van der Waals surface area contributed by atoms with Crippen LogP contribution >= 0.6 is 0 Å². The molecule has 0 bridgehead atoms. The molecule has 0 atom stereocenters. The Labute approximate surface area is 183 Å². The van der Waals surface area contributed by atoms with Crippen LogP contribution in [0.2, 0.25) is 0 Å². The fourth-order valence-corrected chi connectivity index (χ4v) is 2.51. The second-order valence-electron chi connectivity index (χ2n) is 6.49. The first-order valence-electron chi connectivity index (χ1n) is 9.01. The average molecular weight is 475 g/mol. The van der Waals surface area contributed by atoms with Crippen molar-refractivity contribution >= 4 is 29.0 Å². The molecule has 2 aromatic rings. The number of alkyl halides is 6. The summed E-state index contributed by atoms with van der Waals surface area (Å²) in [5.74, 6) is -2.23. The van der Waals surface area contributed by atoms with Crippen LogP contribution in [0.25, 0.3) is 0 Å². The largest absolute Gasteiger partial charge is 0.418 e. The van der Waals surface area contributed by atoms with Crippen LogP contribution in [0.5, 0.6) is 0 Å². The quantitative estimate of drug-likeness (QED) is 0.255. The Morgan fingerprint density at radius 1 is 0.879 bits per heavy atom. The third-order valence-electron chi connectivity index (χ3n) is 4.09. The molecular formula is C21H16F7N3O2. The Hall–Kier alpha value is -3.83. The maximum atomic E-state index is 13.5. The summed E-state index contributed by atoms with van der Waals surface area (Å²) in [6.45, 7) is 4.42. The molecule has 0 aromatic heterocycles. The molecule has 5 nitrogen and oxygen atoms in total. The highest BCUT2D eigenvalue weighted by Gasteiger charge is 2.35. The van der Waals surface area contributed by atoms with Crippen LogP contribution in [0.3, 0.4) is 0 Å². The minimum Gasteiger partial charge on any atom is -0.321 e. The van der Waals surface area contributed by atoms with E-state index in [0.717, 1.165) is 36.4 Å². The van der Waals surface area contributed by atoms with Crippen LogP contribution in [0.4, 0.5) is 52.6 Å². The molecule has 176 valence electrons. The summed E-state index contributed by atoms with van der Waals surface area (Å²) in [7, 11) is 0. The first-order valence-corrected chi connectivity index (χ1v) is 9.01. The van der Waals surface area contributed by atoms with E-state index in [-0.39, 0.29) is 11.4 Å². The topological polar surface area (TPSA) is 70.2 Å². The lowest BCUT2D eigenvalue weighted by atomic mass is 10.1. The van der Waals surface area contributed by atoms with Gasteiger partial charge in [0.25, 0.3) is 5.91 Å². The third-order valence-corrected chi connectivity index (χ3v) is 4.09. The number of halogens is 7. The lowest BCUT2D eigenvalue weighted by molar-refractivity contribution is -0.138. The molecular weight excluding hydrogens is 459 g/mol. The molecule has 0 radical (unpaired) electrons. The number of carbonyl (C=O) groups is 2. The molecule has 2 rings (SSSR count). The Bertz CT molecular complexity index is 1110. The van der Waals surface area contributed by atoms with E-state index in [0.29, 0.717) is 12.1 Å². The molecule has 0 aliphatic rings. The highest BCUT2D eigenvalue weighted by molar-refractivity contribution is 6.06. The maximum absolute atomic E-state index is 13.5. The number of urea groups is 1. The van der Waals surface area contributed by atoms with Gasteiger partial charge in [-0.25, -0.2) is 9.18 Å². The van der Waals surface area contributed by atoms with Gasteiger partial charge in [-0.05, 0) is 43.3 Å². The van der Waals surface area contributed by atoms with Crippen molar-refractivity contribution in [2.75, 3.05) is 16.0 Å². The summed E-state index contributed by atoms with van der Waals surface area (Å²) in [5, 5.41) is 6.04. The van der Waals surface area contributed by atoms with E-state index in [1.54, 1.807) is 0 Å². The highest BCUT2D eigenvalue weighted by atomic mass is 19.4. The Morgan fingerprint density at radius 3 is 2.03 bits per heavy atom. The normalized spacial score (nSPS) is 12.2. The number of allylic oxidation sites excluding steroid dienone is 1. The Morgan fingerprint density at radius 2 is 1.48 bits per heavy atom. The second-order valence-corrected chi connectivity index (χ2v) is 6.49. The molecule has 0 unspecified atom stereocenters. The molecule has 2 aromatic carbocycles. The van der Waals surface area contributed by atoms with Gasteiger partial charge in [-0.2, -0.15) is 26.3 Å². The highest BCUT2D eigenvalue weighted by Crippen LogP contribution is 2.37. The number of nitrogens with one attached hydrogen (secondary N) is 3. The lowest BCUT2D eigenvalue weighted by Crippen LogP contribution is -2.21. The van der Waals surface area contributed by atoms with Crippen molar-refractivity contribution in [2.24, 2.45) is 0 Å². The van der Waals surface area contributed by atoms with Crippen molar-refractivity contribution in [3.63, 3.8) is 0 Å². The molecule has 0 aliphatic carbocycles. The summed E-state index contributed by atoms with van der Waals surface area (Å²) >= 11 is 0. The first kappa shape index (κ1) is 25.4. The van der Waals surface area contributed by atoms with Gasteiger partial charge >= 0.3 is 18.4 Å². The minimum atomic E-state index is -4.97. The van der Waals surface area contributed by atoms with E-state index in [9.17, 15) is 40.3 Å². The van der Waals surface area contributed by atoms with Gasteiger partial charge in [0, 0.05) is 11.4 Å². The Balaban J connectivity index is 2.22. The number of hydrogen-bond acceptors (Lipinski definition) is 2. The van der Waals surface area contributed by atoms with Gasteiger partial charge in [0.15, 0.2) is 0 Å². The number of benzene rings is 2. The maximum Gasteiger partial charge on any atom is 0.418 e. The summed E-state index contributed by atoms with van der Waals surface area (Å²) in [5.41, 5.74) is -4.41. The van der Waals surface area contributed by atoms with Gasteiger partial charge in [0.1, 0.15) is 5.83 Å². The molecule has 0 spiro atoms. The second kappa shape index (κ2) is 9.76. The zero-order valence-electron chi connectivity index (χ0n) is 16.8. The fourth-order valence-electron chi connectivity index (χ4n) is 2.51. The van der Waals surface area contributed by atoms with Crippen LogP contribution in [0.15, 0.2) is 66.5 Å². The van der Waals surface area contributed by atoms with Crippen LogP contribution in [-0.2, 0) is 17.1 Å². The van der Waals surface area contributed by atoms with Gasteiger partial charge in [0.2, 0.25) is 0 Å². The molecule has 33 heavy (non-hydrogen) atoms. The smallest absolute Gasteiger partial charge is 0.321 e. The third kappa shape index (κ3) is 6.82. The summed E-state index contributed by atoms with van der Waals surface area (Å²) < 4.78 is 92.1. The van der Waals surface area contributed by atoms with Crippen LogP contribution in [0, 0.1) is 0 Å². The van der Waals surface area contributed by atoms with Crippen LogP contribution in [0.1, 0.15) is 18.1 Å². The van der Waals surface area contributed by atoms with Gasteiger partial charge < -0.3 is 16.0 Å². The molecule has 0 fully saturated rings. The molecule has 0 heterocycles. The van der Waals surface area contributed by atoms with Crippen molar-refractivity contribution in [3.8, 4) is 0 Å². The number of amides is 3. The van der Waals surface area contributed by atoms with Crippen molar-refractivity contribution in [1.29, 1.82) is 0 Å². The zero-order valence-corrected chi connectivity index (χ0v) is 16.8. The zero-order chi connectivity index (χ0) is 25.0. The predicted octanol–water partition coefficient (Wildman–Crippen LogP) is 6.74. The molecule has 3 N–H and O–H groups in total. The van der Waals surface area contributed by atoms with Gasteiger partial charge in [-0.1, -0.05) is 18.7 Å². The lowest BCUT2D eigenvalue weighted by Gasteiger charge is -2.16. The molecule has 3 amide bonds. The summed E-state index contributed by atoms with van der Waals surface area (Å²) in [6, 6.07) is 4.84. The number of anilines is 3. The molecule has 0 aliphatic heterocycles.